The van der Waals surface area contributed by atoms with Gasteiger partial charge in [-0.15, -0.1) is 0 Å². The maximum atomic E-state index is 12.7. The van der Waals surface area contributed by atoms with Crippen LogP contribution in [0.5, 0.6) is 17.2 Å². The number of pyridine rings is 1. The van der Waals surface area contributed by atoms with Crippen molar-refractivity contribution in [3.8, 4) is 17.2 Å². The minimum atomic E-state index is 0.168. The summed E-state index contributed by atoms with van der Waals surface area (Å²) in [6.07, 6.45) is 4.62. The van der Waals surface area contributed by atoms with E-state index in [4.69, 9.17) is 23.9 Å². The lowest BCUT2D eigenvalue weighted by Gasteiger charge is -2.27. The fourth-order valence-electron chi connectivity index (χ4n) is 5.60. The van der Waals surface area contributed by atoms with Gasteiger partial charge in [-0.2, -0.15) is 0 Å². The van der Waals surface area contributed by atoms with E-state index in [1.807, 2.05) is 72.5 Å². The van der Waals surface area contributed by atoms with Gasteiger partial charge in [-0.25, -0.2) is 4.98 Å². The molecule has 218 valence electrons. The van der Waals surface area contributed by atoms with Gasteiger partial charge in [-0.1, -0.05) is 36.4 Å². The molecule has 3 heterocycles. The number of fused-ring (bicyclic) bond motifs is 1. The van der Waals surface area contributed by atoms with E-state index in [9.17, 15) is 4.79 Å². The molecule has 3 aromatic carbocycles. The molecule has 0 spiro atoms. The van der Waals surface area contributed by atoms with Crippen LogP contribution in [0.15, 0.2) is 72.8 Å². The van der Waals surface area contributed by atoms with Crippen molar-refractivity contribution in [3.63, 3.8) is 0 Å². The van der Waals surface area contributed by atoms with Gasteiger partial charge in [0.05, 0.1) is 17.8 Å². The lowest BCUT2D eigenvalue weighted by Crippen LogP contribution is -2.35. The fourth-order valence-corrected chi connectivity index (χ4v) is 5.60. The van der Waals surface area contributed by atoms with Gasteiger partial charge in [-0.05, 0) is 74.4 Å². The summed E-state index contributed by atoms with van der Waals surface area (Å²) in [7, 11) is 0. The normalized spacial score (nSPS) is 16.0. The predicted molar refractivity (Wildman–Crippen MR) is 163 cm³/mol. The molecule has 2 fully saturated rings. The molecule has 0 N–H and O–H groups in total. The van der Waals surface area contributed by atoms with Crippen LogP contribution in [0.1, 0.15) is 48.9 Å². The van der Waals surface area contributed by atoms with Gasteiger partial charge < -0.3 is 23.8 Å². The monoisotopic (exact) mass is 566 g/mol. The molecule has 7 nitrogen and oxygen atoms in total. The molecule has 2 aliphatic heterocycles. The number of hydrogen-bond acceptors (Lipinski definition) is 6. The van der Waals surface area contributed by atoms with Crippen LogP contribution in [0.2, 0.25) is 0 Å². The molecule has 0 atom stereocenters. The number of ether oxygens (including phenoxy) is 4. The number of hydrogen-bond donors (Lipinski definition) is 0. The van der Waals surface area contributed by atoms with Gasteiger partial charge in [0.1, 0.15) is 30.5 Å². The lowest BCUT2D eigenvalue weighted by atomic mass is 10.0. The molecular formula is C35H38N2O5. The van der Waals surface area contributed by atoms with E-state index in [0.717, 1.165) is 96.1 Å². The Morgan fingerprint density at radius 1 is 0.881 bits per heavy atom. The summed E-state index contributed by atoms with van der Waals surface area (Å²) in [4.78, 5) is 19.5. The molecule has 4 aromatic rings. The second kappa shape index (κ2) is 13.3. The van der Waals surface area contributed by atoms with E-state index in [-0.39, 0.29) is 5.91 Å². The zero-order chi connectivity index (χ0) is 28.7. The van der Waals surface area contributed by atoms with Crippen molar-refractivity contribution in [1.82, 2.24) is 4.98 Å². The molecule has 0 bridgehead atoms. The highest BCUT2D eigenvalue weighted by molar-refractivity contribution is 5.97. The first-order chi connectivity index (χ1) is 20.6. The Kier molecular flexibility index (Phi) is 8.85. The first-order valence-corrected chi connectivity index (χ1v) is 15.0. The molecule has 1 aromatic heterocycles. The highest BCUT2D eigenvalue weighted by atomic mass is 16.5. The third-order valence-electron chi connectivity index (χ3n) is 8.12. The average Bonchev–Trinajstić information content (AvgIpc) is 3.04. The van der Waals surface area contributed by atoms with Crippen molar-refractivity contribution in [3.05, 3.63) is 89.6 Å². The predicted octanol–water partition coefficient (Wildman–Crippen LogP) is 7.02. The van der Waals surface area contributed by atoms with Crippen LogP contribution < -0.4 is 19.1 Å². The number of anilines is 1. The standard InChI is InChI=1S/C35H38N2O5/c1-25-33(24-41-30-11-7-10-29(21-30)40-22-27-15-18-39-19-16-27)36-32-14-13-28(37-17-6-5-12-34(37)38)20-31(32)35(25)42-23-26-8-3-2-4-9-26/h2-4,7-11,13-14,20-21,27H,5-6,12,15-19,22-24H2,1H3. The van der Waals surface area contributed by atoms with Crippen LogP contribution in [0.4, 0.5) is 5.69 Å². The first-order valence-electron chi connectivity index (χ1n) is 15.0. The van der Waals surface area contributed by atoms with Gasteiger partial charge in [0.25, 0.3) is 0 Å². The first kappa shape index (κ1) is 28.0. The number of aromatic nitrogens is 1. The Morgan fingerprint density at radius 3 is 2.50 bits per heavy atom. The second-order valence-corrected chi connectivity index (χ2v) is 11.1. The third-order valence-corrected chi connectivity index (χ3v) is 8.12. The fraction of sp³-hybridized carbons (Fsp3) is 0.371. The van der Waals surface area contributed by atoms with E-state index >= 15 is 0 Å². The van der Waals surface area contributed by atoms with Crippen LogP contribution in [0.3, 0.4) is 0 Å². The minimum absolute atomic E-state index is 0.168. The summed E-state index contributed by atoms with van der Waals surface area (Å²) in [6, 6.07) is 23.9. The van der Waals surface area contributed by atoms with E-state index in [2.05, 4.69) is 12.1 Å². The quantitative estimate of drug-likeness (QED) is 0.205. The Balaban J connectivity index is 1.24. The van der Waals surface area contributed by atoms with Crippen molar-refractivity contribution in [1.29, 1.82) is 0 Å². The highest BCUT2D eigenvalue weighted by Crippen LogP contribution is 2.35. The SMILES string of the molecule is Cc1c(COc2cccc(OCC3CCOCC3)c2)nc2ccc(N3CCCCC3=O)cc2c1OCc1ccccc1. The summed E-state index contributed by atoms with van der Waals surface area (Å²) in [5.41, 5.74) is 4.51. The van der Waals surface area contributed by atoms with E-state index in [1.54, 1.807) is 0 Å². The number of nitrogens with zero attached hydrogens (tertiary/aromatic N) is 2. The van der Waals surface area contributed by atoms with Crippen molar-refractivity contribution in [2.24, 2.45) is 5.92 Å². The molecule has 2 aliphatic rings. The number of carbonyl (C=O) groups is 1. The number of piperidine rings is 1. The number of benzene rings is 3. The molecule has 7 heteroatoms. The van der Waals surface area contributed by atoms with Crippen LogP contribution >= 0.6 is 0 Å². The third kappa shape index (κ3) is 6.68. The van der Waals surface area contributed by atoms with Gasteiger partial charge >= 0.3 is 0 Å². The Bertz CT molecular complexity index is 1520. The Labute approximate surface area is 247 Å². The van der Waals surface area contributed by atoms with Crippen LogP contribution in [0, 0.1) is 12.8 Å². The number of amides is 1. The average molecular weight is 567 g/mol. The molecule has 0 aliphatic carbocycles. The van der Waals surface area contributed by atoms with Gasteiger partial charge in [-0.3, -0.25) is 4.79 Å². The van der Waals surface area contributed by atoms with Crippen LogP contribution in [0.25, 0.3) is 10.9 Å². The molecular weight excluding hydrogens is 528 g/mol. The molecule has 0 radical (unpaired) electrons. The zero-order valence-corrected chi connectivity index (χ0v) is 24.2. The largest absolute Gasteiger partial charge is 0.493 e. The molecule has 42 heavy (non-hydrogen) atoms. The maximum Gasteiger partial charge on any atom is 0.226 e. The van der Waals surface area contributed by atoms with E-state index in [0.29, 0.717) is 32.2 Å². The smallest absolute Gasteiger partial charge is 0.226 e. The van der Waals surface area contributed by atoms with E-state index < -0.39 is 0 Å². The van der Waals surface area contributed by atoms with Crippen molar-refractivity contribution in [2.45, 2.75) is 52.2 Å². The van der Waals surface area contributed by atoms with E-state index in [1.165, 1.54) is 0 Å². The summed E-state index contributed by atoms with van der Waals surface area (Å²) in [5, 5.41) is 0.895. The number of carbonyl (C=O) groups excluding carboxylic acids is 1. The zero-order valence-electron chi connectivity index (χ0n) is 24.2. The summed E-state index contributed by atoms with van der Waals surface area (Å²) in [5.74, 6) is 2.99. The van der Waals surface area contributed by atoms with Gasteiger partial charge in [0.15, 0.2) is 0 Å². The maximum absolute atomic E-state index is 12.7. The minimum Gasteiger partial charge on any atom is -0.493 e. The number of rotatable bonds is 10. The summed E-state index contributed by atoms with van der Waals surface area (Å²) in [6.45, 7) is 5.79. The highest BCUT2D eigenvalue weighted by Gasteiger charge is 2.22. The molecule has 1 amide bonds. The van der Waals surface area contributed by atoms with Crippen molar-refractivity contribution < 1.29 is 23.7 Å². The topological polar surface area (TPSA) is 70.1 Å². The van der Waals surface area contributed by atoms with Crippen LogP contribution in [-0.2, 0) is 22.7 Å². The van der Waals surface area contributed by atoms with Crippen molar-refractivity contribution >= 4 is 22.5 Å². The van der Waals surface area contributed by atoms with Crippen molar-refractivity contribution in [2.75, 3.05) is 31.3 Å². The summed E-state index contributed by atoms with van der Waals surface area (Å²) < 4.78 is 24.3. The molecule has 0 unspecified atom stereocenters. The Morgan fingerprint density at radius 2 is 1.69 bits per heavy atom. The molecule has 6 rings (SSSR count). The summed E-state index contributed by atoms with van der Waals surface area (Å²) >= 11 is 0. The van der Waals surface area contributed by atoms with Gasteiger partial charge in [0, 0.05) is 48.9 Å². The second-order valence-electron chi connectivity index (χ2n) is 11.1. The lowest BCUT2D eigenvalue weighted by molar-refractivity contribution is -0.119. The van der Waals surface area contributed by atoms with Crippen LogP contribution in [-0.4, -0.2) is 37.3 Å². The molecule has 2 saturated heterocycles. The Hall–Kier alpha value is -4.10. The molecule has 0 saturated carbocycles. The van der Waals surface area contributed by atoms with Gasteiger partial charge in [0.2, 0.25) is 5.91 Å².